The van der Waals surface area contributed by atoms with E-state index >= 15 is 0 Å². The first kappa shape index (κ1) is 15.4. The molecule has 2 aromatic rings. The first-order valence-corrected chi connectivity index (χ1v) is 7.25. The first-order chi connectivity index (χ1) is 10.1. The molecule has 2 rings (SSSR count). The number of anilines is 1. The molecule has 0 atom stereocenters. The van der Waals surface area contributed by atoms with Gasteiger partial charge in [-0.15, -0.1) is 0 Å². The monoisotopic (exact) mass is 346 g/mol. The van der Waals surface area contributed by atoms with Crippen molar-refractivity contribution in [1.82, 2.24) is 9.97 Å². The fraction of sp³-hybridized carbons (Fsp3) is 0.357. The Hall–Kier alpha value is -1.99. The van der Waals surface area contributed by atoms with Crippen LogP contribution in [0.15, 0.2) is 12.1 Å². The second-order valence-corrected chi connectivity index (χ2v) is 5.29. The second kappa shape index (κ2) is 6.64. The Balaban J connectivity index is 2.52. The van der Waals surface area contributed by atoms with Crippen molar-refractivity contribution in [2.75, 3.05) is 32.7 Å². The third-order valence-corrected chi connectivity index (χ3v) is 3.78. The van der Waals surface area contributed by atoms with Crippen LogP contribution >= 0.6 is 0 Å². The number of aromatic nitrogens is 2. The molecule has 0 saturated heterocycles. The molecule has 1 aromatic heterocycles. The molecule has 0 aliphatic carbocycles. The summed E-state index contributed by atoms with van der Waals surface area (Å²) in [4.78, 5) is 10.9. The van der Waals surface area contributed by atoms with Gasteiger partial charge >= 0.3 is 132 Å². The molecule has 21 heavy (non-hydrogen) atoms. The van der Waals surface area contributed by atoms with E-state index in [0.29, 0.717) is 30.4 Å². The van der Waals surface area contributed by atoms with Crippen molar-refractivity contribution in [3.8, 4) is 17.6 Å². The molecule has 6 nitrogen and oxygen atoms in total. The minimum absolute atomic E-state index is 0.428. The number of hydrogen-bond donors (Lipinski definition) is 0. The van der Waals surface area contributed by atoms with Gasteiger partial charge in [-0.25, -0.2) is 0 Å². The summed E-state index contributed by atoms with van der Waals surface area (Å²) in [5.74, 6) is 1.85. The van der Waals surface area contributed by atoms with E-state index in [1.807, 2.05) is 24.1 Å². The summed E-state index contributed by atoms with van der Waals surface area (Å²) in [5.41, 5.74) is 0.775. The summed E-state index contributed by atoms with van der Waals surface area (Å²) in [7, 11) is 5.05. The molecular formula is C14H15AsN4O2. The summed E-state index contributed by atoms with van der Waals surface area (Å²) >= 11 is 2.44. The van der Waals surface area contributed by atoms with Crippen molar-refractivity contribution in [3.63, 3.8) is 0 Å². The van der Waals surface area contributed by atoms with Gasteiger partial charge in [-0.3, -0.25) is 0 Å². The van der Waals surface area contributed by atoms with Gasteiger partial charge in [0.25, 0.3) is 0 Å². The van der Waals surface area contributed by atoms with Crippen molar-refractivity contribution in [2.45, 2.75) is 6.42 Å². The fourth-order valence-corrected chi connectivity index (χ4v) is 2.48. The first-order valence-electron chi connectivity index (χ1n) is 6.31. The number of hydrogen-bond acceptors (Lipinski definition) is 6. The Labute approximate surface area is 132 Å². The van der Waals surface area contributed by atoms with Gasteiger partial charge in [-0.1, -0.05) is 0 Å². The molecule has 0 bridgehead atoms. The Morgan fingerprint density at radius 2 is 1.90 bits per heavy atom. The number of nitrogens with zero attached hydrogens (tertiary/aromatic N) is 4. The zero-order chi connectivity index (χ0) is 15.4. The molecule has 0 saturated carbocycles. The van der Waals surface area contributed by atoms with Crippen LogP contribution in [0.3, 0.4) is 0 Å². The SMILES string of the molecule is COc1cc2nc(N(C)CCC#N)nc([As])c2cc1OC. The summed E-state index contributed by atoms with van der Waals surface area (Å²) in [6, 6.07) is 5.81. The average Bonchev–Trinajstić information content (AvgIpc) is 2.51. The summed E-state index contributed by atoms with van der Waals surface area (Å²) in [6.07, 6.45) is 0.428. The molecule has 0 fully saturated rings. The molecule has 0 aliphatic heterocycles. The van der Waals surface area contributed by atoms with Crippen LogP contribution in [0.25, 0.3) is 10.9 Å². The van der Waals surface area contributed by atoms with Crippen molar-refractivity contribution >= 4 is 38.2 Å². The summed E-state index contributed by atoms with van der Waals surface area (Å²) in [5, 5.41) is 9.56. The van der Waals surface area contributed by atoms with Crippen LogP contribution in [0.2, 0.25) is 0 Å². The average molecular weight is 346 g/mol. The van der Waals surface area contributed by atoms with E-state index in [0.717, 1.165) is 15.4 Å². The summed E-state index contributed by atoms with van der Waals surface area (Å²) in [6.45, 7) is 0.585. The van der Waals surface area contributed by atoms with Crippen LogP contribution in [0.4, 0.5) is 5.95 Å². The summed E-state index contributed by atoms with van der Waals surface area (Å²) < 4.78 is 11.4. The van der Waals surface area contributed by atoms with Crippen LogP contribution in [0.5, 0.6) is 11.5 Å². The second-order valence-electron chi connectivity index (χ2n) is 4.40. The van der Waals surface area contributed by atoms with E-state index in [1.54, 1.807) is 14.2 Å². The van der Waals surface area contributed by atoms with Crippen LogP contribution in [-0.2, 0) is 0 Å². The fourth-order valence-electron chi connectivity index (χ4n) is 1.92. The molecule has 0 unspecified atom stereocenters. The van der Waals surface area contributed by atoms with Gasteiger partial charge in [0.2, 0.25) is 0 Å². The van der Waals surface area contributed by atoms with Gasteiger partial charge in [0.1, 0.15) is 0 Å². The molecular weight excluding hydrogens is 331 g/mol. The molecule has 108 valence electrons. The third kappa shape index (κ3) is 3.19. The molecule has 1 aromatic carbocycles. The molecule has 0 aliphatic rings. The zero-order valence-corrected chi connectivity index (χ0v) is 14.0. The van der Waals surface area contributed by atoms with E-state index in [1.165, 1.54) is 0 Å². The van der Waals surface area contributed by atoms with Gasteiger partial charge in [-0.2, -0.15) is 0 Å². The molecule has 7 heteroatoms. The van der Waals surface area contributed by atoms with Gasteiger partial charge < -0.3 is 0 Å². The molecule has 0 amide bonds. The minimum atomic E-state index is 0.428. The number of methoxy groups -OCH3 is 2. The van der Waals surface area contributed by atoms with Crippen LogP contribution < -0.4 is 18.9 Å². The van der Waals surface area contributed by atoms with Crippen molar-refractivity contribution in [2.24, 2.45) is 0 Å². The number of fused-ring (bicyclic) bond motifs is 1. The van der Waals surface area contributed by atoms with Crippen LogP contribution in [-0.4, -0.2) is 54.6 Å². The van der Waals surface area contributed by atoms with E-state index in [2.05, 4.69) is 32.9 Å². The van der Waals surface area contributed by atoms with Crippen molar-refractivity contribution in [3.05, 3.63) is 12.1 Å². The Kier molecular flexibility index (Phi) is 4.87. The predicted molar refractivity (Wildman–Crippen MR) is 81.5 cm³/mol. The van der Waals surface area contributed by atoms with E-state index < -0.39 is 0 Å². The number of rotatable bonds is 5. The number of ether oxygens (including phenoxy) is 2. The van der Waals surface area contributed by atoms with E-state index in [-0.39, 0.29) is 0 Å². The van der Waals surface area contributed by atoms with Gasteiger partial charge in [-0.05, 0) is 0 Å². The maximum atomic E-state index is 8.66. The third-order valence-electron chi connectivity index (χ3n) is 3.07. The van der Waals surface area contributed by atoms with Crippen molar-refractivity contribution < 1.29 is 9.47 Å². The normalized spacial score (nSPS) is 10.2. The topological polar surface area (TPSA) is 71.3 Å². The van der Waals surface area contributed by atoms with Crippen molar-refractivity contribution in [1.29, 1.82) is 5.26 Å². The van der Waals surface area contributed by atoms with E-state index in [4.69, 9.17) is 14.7 Å². The maximum absolute atomic E-state index is 8.66. The standard InChI is InChI=1S/C14H15AsN4O2/c1-19(6-4-5-16)14-17-10-8-12(21-3)11(20-2)7-9(10)13(15)18-14/h7-8H,4,6H2,1-3H3. The molecule has 0 N–H and O–H groups in total. The van der Waals surface area contributed by atoms with Crippen LogP contribution in [0, 0.1) is 11.3 Å². The Morgan fingerprint density at radius 1 is 1.24 bits per heavy atom. The molecule has 0 spiro atoms. The quantitative estimate of drug-likeness (QED) is 0.746. The van der Waals surface area contributed by atoms with Crippen LogP contribution in [0.1, 0.15) is 6.42 Å². The van der Waals surface area contributed by atoms with Gasteiger partial charge in [0.05, 0.1) is 0 Å². The zero-order valence-electron chi connectivity index (χ0n) is 12.1. The molecule has 2 radical (unpaired) electrons. The van der Waals surface area contributed by atoms with E-state index in [9.17, 15) is 0 Å². The number of nitriles is 1. The Bertz CT molecular complexity index is 699. The predicted octanol–water partition coefficient (Wildman–Crippen LogP) is 0.791. The van der Waals surface area contributed by atoms with Gasteiger partial charge in [0, 0.05) is 0 Å². The van der Waals surface area contributed by atoms with Gasteiger partial charge in [0.15, 0.2) is 0 Å². The number of benzene rings is 1. The Morgan fingerprint density at radius 3 is 2.52 bits per heavy atom. The molecule has 1 heterocycles.